The maximum atomic E-state index is 14.0. The minimum Gasteiger partial charge on any atom is -0.497 e. The number of sulfonamides is 1. The topological polar surface area (TPSA) is 66.9 Å². The summed E-state index contributed by atoms with van der Waals surface area (Å²) in [6.45, 7) is 0.622. The molecule has 1 heterocycles. The van der Waals surface area contributed by atoms with Crippen LogP contribution in [0.15, 0.2) is 47.4 Å². The first-order valence-corrected chi connectivity index (χ1v) is 10.0. The van der Waals surface area contributed by atoms with Gasteiger partial charge in [0.1, 0.15) is 11.6 Å². The van der Waals surface area contributed by atoms with Gasteiger partial charge < -0.3 is 9.64 Å². The number of rotatable bonds is 4. The molecule has 27 heavy (non-hydrogen) atoms. The minimum atomic E-state index is -3.67. The van der Waals surface area contributed by atoms with Crippen LogP contribution in [0.3, 0.4) is 0 Å². The Morgan fingerprint density at radius 3 is 2.26 bits per heavy atom. The lowest BCUT2D eigenvalue weighted by Crippen LogP contribution is -2.50. The molecule has 1 aliphatic heterocycles. The molecule has 9 heteroatoms. The maximum Gasteiger partial charge on any atom is 0.256 e. The SMILES string of the molecule is COc1ccc(S(=O)(=O)N2CCN(C(=O)c3ccc(Cl)cc3F)CC2)cc1. The van der Waals surface area contributed by atoms with Gasteiger partial charge in [-0.1, -0.05) is 11.6 Å². The smallest absolute Gasteiger partial charge is 0.256 e. The predicted octanol–water partition coefficient (Wildman–Crippen LogP) is 2.63. The number of halogens is 2. The second kappa shape index (κ2) is 7.84. The van der Waals surface area contributed by atoms with Crippen LogP contribution < -0.4 is 4.74 Å². The predicted molar refractivity (Wildman–Crippen MR) is 99.1 cm³/mol. The lowest BCUT2D eigenvalue weighted by Gasteiger charge is -2.34. The first-order chi connectivity index (χ1) is 12.8. The molecule has 0 radical (unpaired) electrons. The highest BCUT2D eigenvalue weighted by Gasteiger charge is 2.31. The van der Waals surface area contributed by atoms with Gasteiger partial charge in [-0.2, -0.15) is 4.31 Å². The number of carbonyl (C=O) groups is 1. The number of piperazine rings is 1. The van der Waals surface area contributed by atoms with Gasteiger partial charge in [0, 0.05) is 31.2 Å². The summed E-state index contributed by atoms with van der Waals surface area (Å²) in [5.74, 6) is -0.610. The average molecular weight is 413 g/mol. The fourth-order valence-corrected chi connectivity index (χ4v) is 4.44. The van der Waals surface area contributed by atoms with Crippen LogP contribution in [0.4, 0.5) is 4.39 Å². The van der Waals surface area contributed by atoms with E-state index in [0.717, 1.165) is 6.07 Å². The summed E-state index contributed by atoms with van der Waals surface area (Å²) in [5, 5.41) is 0.208. The molecule has 1 amide bonds. The van der Waals surface area contributed by atoms with E-state index in [2.05, 4.69) is 0 Å². The quantitative estimate of drug-likeness (QED) is 0.774. The molecule has 1 saturated heterocycles. The normalized spacial score (nSPS) is 15.6. The van der Waals surface area contributed by atoms with E-state index in [-0.39, 0.29) is 41.7 Å². The van der Waals surface area contributed by atoms with Crippen molar-refractivity contribution in [1.82, 2.24) is 9.21 Å². The van der Waals surface area contributed by atoms with Crippen LogP contribution in [0.2, 0.25) is 5.02 Å². The van der Waals surface area contributed by atoms with Crippen LogP contribution in [0.1, 0.15) is 10.4 Å². The van der Waals surface area contributed by atoms with Gasteiger partial charge in [0.2, 0.25) is 10.0 Å². The molecular weight excluding hydrogens is 395 g/mol. The van der Waals surface area contributed by atoms with E-state index in [4.69, 9.17) is 16.3 Å². The molecule has 0 aliphatic carbocycles. The molecule has 0 aromatic heterocycles. The molecule has 0 N–H and O–H groups in total. The van der Waals surface area contributed by atoms with E-state index < -0.39 is 21.7 Å². The summed E-state index contributed by atoms with van der Waals surface area (Å²) in [7, 11) is -2.16. The molecule has 6 nitrogen and oxygen atoms in total. The number of ether oxygens (including phenoxy) is 1. The Morgan fingerprint density at radius 1 is 1.07 bits per heavy atom. The van der Waals surface area contributed by atoms with E-state index in [0.29, 0.717) is 5.75 Å². The molecule has 3 rings (SSSR count). The summed E-state index contributed by atoms with van der Waals surface area (Å²) in [4.78, 5) is 14.1. The Hall–Kier alpha value is -2.16. The molecule has 0 atom stereocenters. The monoisotopic (exact) mass is 412 g/mol. The van der Waals surface area contributed by atoms with Gasteiger partial charge in [0.15, 0.2) is 0 Å². The zero-order chi connectivity index (χ0) is 19.6. The summed E-state index contributed by atoms with van der Waals surface area (Å²) in [5.41, 5.74) is -0.0779. The third-order valence-corrected chi connectivity index (χ3v) is 6.53. The second-order valence-electron chi connectivity index (χ2n) is 6.00. The Bertz CT molecular complexity index is 942. The first-order valence-electron chi connectivity index (χ1n) is 8.21. The lowest BCUT2D eigenvalue weighted by atomic mass is 10.1. The molecule has 0 saturated carbocycles. The van der Waals surface area contributed by atoms with Gasteiger partial charge in [-0.15, -0.1) is 0 Å². The van der Waals surface area contributed by atoms with Crippen molar-refractivity contribution < 1.29 is 22.3 Å². The molecular formula is C18H18ClFN2O4S. The largest absolute Gasteiger partial charge is 0.497 e. The number of amides is 1. The minimum absolute atomic E-state index is 0.0779. The number of methoxy groups -OCH3 is 1. The third-order valence-electron chi connectivity index (χ3n) is 4.38. The number of benzene rings is 2. The molecule has 2 aromatic rings. The Labute approximate surface area is 162 Å². The van der Waals surface area contributed by atoms with E-state index in [1.54, 1.807) is 12.1 Å². The first kappa shape index (κ1) is 19.6. The summed E-state index contributed by atoms with van der Waals surface area (Å²) < 4.78 is 45.8. The van der Waals surface area contributed by atoms with Crippen LogP contribution in [0.25, 0.3) is 0 Å². The van der Waals surface area contributed by atoms with E-state index in [9.17, 15) is 17.6 Å². The van der Waals surface area contributed by atoms with Crippen molar-refractivity contribution in [3.8, 4) is 5.75 Å². The van der Waals surface area contributed by atoms with Gasteiger partial charge in [0.05, 0.1) is 17.6 Å². The van der Waals surface area contributed by atoms with Crippen molar-refractivity contribution >= 4 is 27.5 Å². The van der Waals surface area contributed by atoms with Crippen LogP contribution >= 0.6 is 11.6 Å². The van der Waals surface area contributed by atoms with Crippen molar-refractivity contribution in [2.24, 2.45) is 0 Å². The number of hydrogen-bond acceptors (Lipinski definition) is 4. The van der Waals surface area contributed by atoms with E-state index in [1.165, 1.54) is 40.6 Å². The molecule has 144 valence electrons. The standard InChI is InChI=1S/C18H18ClFN2O4S/c1-26-14-3-5-15(6-4-14)27(24,25)22-10-8-21(9-11-22)18(23)16-7-2-13(19)12-17(16)20/h2-7,12H,8-11H2,1H3. The molecule has 1 fully saturated rings. The number of carbonyl (C=O) groups excluding carboxylic acids is 1. The summed E-state index contributed by atoms with van der Waals surface area (Å²) in [6.07, 6.45) is 0. The van der Waals surface area contributed by atoms with Crippen LogP contribution in [0, 0.1) is 5.82 Å². The molecule has 1 aliphatic rings. The van der Waals surface area contributed by atoms with Crippen LogP contribution in [-0.4, -0.2) is 56.8 Å². The van der Waals surface area contributed by atoms with Gasteiger partial charge in [-0.3, -0.25) is 4.79 Å². The number of hydrogen-bond donors (Lipinski definition) is 0. The zero-order valence-electron chi connectivity index (χ0n) is 14.6. The summed E-state index contributed by atoms with van der Waals surface area (Å²) >= 11 is 5.71. The van der Waals surface area contributed by atoms with Crippen molar-refractivity contribution in [3.63, 3.8) is 0 Å². The lowest BCUT2D eigenvalue weighted by molar-refractivity contribution is 0.0693. The molecule has 0 unspecified atom stereocenters. The highest BCUT2D eigenvalue weighted by atomic mass is 35.5. The fourth-order valence-electron chi connectivity index (χ4n) is 2.86. The fraction of sp³-hybridized carbons (Fsp3) is 0.278. The van der Waals surface area contributed by atoms with Crippen LogP contribution in [-0.2, 0) is 10.0 Å². The third kappa shape index (κ3) is 4.07. The van der Waals surface area contributed by atoms with Crippen molar-refractivity contribution in [1.29, 1.82) is 0 Å². The van der Waals surface area contributed by atoms with Gasteiger partial charge in [0.25, 0.3) is 5.91 Å². The summed E-state index contributed by atoms with van der Waals surface area (Å²) in [6, 6.07) is 9.98. The van der Waals surface area contributed by atoms with E-state index >= 15 is 0 Å². The molecule has 0 spiro atoms. The van der Waals surface area contributed by atoms with Crippen molar-refractivity contribution in [2.75, 3.05) is 33.3 Å². The highest BCUT2D eigenvalue weighted by molar-refractivity contribution is 7.89. The second-order valence-corrected chi connectivity index (χ2v) is 8.37. The van der Waals surface area contributed by atoms with Crippen molar-refractivity contribution in [2.45, 2.75) is 4.90 Å². The van der Waals surface area contributed by atoms with Crippen LogP contribution in [0.5, 0.6) is 5.75 Å². The Balaban J connectivity index is 1.69. The average Bonchev–Trinajstić information content (AvgIpc) is 2.67. The zero-order valence-corrected chi connectivity index (χ0v) is 16.1. The molecule has 0 bridgehead atoms. The van der Waals surface area contributed by atoms with Gasteiger partial charge in [-0.25, -0.2) is 12.8 Å². The van der Waals surface area contributed by atoms with Gasteiger partial charge in [-0.05, 0) is 42.5 Å². The maximum absolute atomic E-state index is 14.0. The number of nitrogens with zero attached hydrogens (tertiary/aromatic N) is 2. The molecule has 2 aromatic carbocycles. The van der Waals surface area contributed by atoms with E-state index in [1.807, 2.05) is 0 Å². The van der Waals surface area contributed by atoms with Gasteiger partial charge >= 0.3 is 0 Å². The van der Waals surface area contributed by atoms with Crippen molar-refractivity contribution in [3.05, 3.63) is 58.9 Å². The Morgan fingerprint density at radius 2 is 1.70 bits per heavy atom. The Kier molecular flexibility index (Phi) is 5.69. The highest BCUT2D eigenvalue weighted by Crippen LogP contribution is 2.22.